The van der Waals surface area contributed by atoms with Crippen LogP contribution >= 0.6 is 0 Å². The Bertz CT molecular complexity index is 1210. The van der Waals surface area contributed by atoms with Crippen LogP contribution in [0.2, 0.25) is 0 Å². The molecule has 1 atom stereocenters. The molecule has 1 heterocycles. The molecule has 0 saturated carbocycles. The van der Waals surface area contributed by atoms with Crippen molar-refractivity contribution in [2.75, 3.05) is 34.5 Å². The van der Waals surface area contributed by atoms with Crippen molar-refractivity contribution in [1.82, 2.24) is 4.90 Å². The Morgan fingerprint density at radius 3 is 2.17 bits per heavy atom. The van der Waals surface area contributed by atoms with Crippen molar-refractivity contribution in [3.8, 4) is 23.0 Å². The van der Waals surface area contributed by atoms with Gasteiger partial charge in [-0.2, -0.15) is 0 Å². The fourth-order valence-electron chi connectivity index (χ4n) is 4.19. The van der Waals surface area contributed by atoms with E-state index in [0.717, 1.165) is 11.1 Å². The van der Waals surface area contributed by atoms with Gasteiger partial charge in [-0.3, -0.25) is 14.9 Å². The van der Waals surface area contributed by atoms with Crippen LogP contribution in [0.25, 0.3) is 0 Å². The Labute approximate surface area is 202 Å². The number of hydrogen-bond acceptors (Lipinski definition) is 7. The van der Waals surface area contributed by atoms with Gasteiger partial charge in [0.2, 0.25) is 0 Å². The third-order valence-corrected chi connectivity index (χ3v) is 6.06. The van der Waals surface area contributed by atoms with Gasteiger partial charge in [-0.05, 0) is 66.1 Å². The summed E-state index contributed by atoms with van der Waals surface area (Å²) in [6.07, 6.45) is 0.644. The summed E-state index contributed by atoms with van der Waals surface area (Å²) in [5.74, 6) is 2.19. The Morgan fingerprint density at radius 2 is 1.57 bits per heavy atom. The molecule has 182 valence electrons. The summed E-state index contributed by atoms with van der Waals surface area (Å²) in [7, 11) is 4.73. The SMILES string of the molecule is COc1ccc(C(=O)N2CCc3cc(OC)c(OC)cc3C2COc2ccc([N+](=O)[O-])cc2)cc1. The first-order valence-electron chi connectivity index (χ1n) is 11.0. The number of nitro groups is 1. The van der Waals surface area contributed by atoms with Gasteiger partial charge in [0.1, 0.15) is 18.1 Å². The summed E-state index contributed by atoms with van der Waals surface area (Å²) >= 11 is 0. The Morgan fingerprint density at radius 1 is 0.943 bits per heavy atom. The van der Waals surface area contributed by atoms with E-state index in [9.17, 15) is 14.9 Å². The van der Waals surface area contributed by atoms with Crippen LogP contribution in [-0.2, 0) is 6.42 Å². The molecule has 0 aromatic heterocycles. The molecule has 1 amide bonds. The predicted molar refractivity (Wildman–Crippen MR) is 129 cm³/mol. The second-order valence-corrected chi connectivity index (χ2v) is 7.96. The van der Waals surface area contributed by atoms with Gasteiger partial charge in [0.05, 0.1) is 32.3 Å². The summed E-state index contributed by atoms with van der Waals surface area (Å²) in [5, 5.41) is 11.0. The topological polar surface area (TPSA) is 100 Å². The number of carbonyl (C=O) groups is 1. The molecule has 0 N–H and O–H groups in total. The van der Waals surface area contributed by atoms with Crippen molar-refractivity contribution >= 4 is 11.6 Å². The largest absolute Gasteiger partial charge is 0.497 e. The molecule has 4 rings (SSSR count). The van der Waals surface area contributed by atoms with Gasteiger partial charge in [-0.1, -0.05) is 0 Å². The molecule has 0 aliphatic carbocycles. The third kappa shape index (κ3) is 4.98. The van der Waals surface area contributed by atoms with Gasteiger partial charge in [0.15, 0.2) is 11.5 Å². The number of benzene rings is 3. The lowest BCUT2D eigenvalue weighted by Crippen LogP contribution is -2.42. The van der Waals surface area contributed by atoms with Crippen molar-refractivity contribution in [2.24, 2.45) is 0 Å². The summed E-state index contributed by atoms with van der Waals surface area (Å²) in [6.45, 7) is 0.643. The number of nitro benzene ring substituents is 1. The highest BCUT2D eigenvalue weighted by Gasteiger charge is 2.33. The smallest absolute Gasteiger partial charge is 0.269 e. The maximum absolute atomic E-state index is 13.5. The number of ether oxygens (including phenoxy) is 4. The molecule has 0 radical (unpaired) electrons. The zero-order chi connectivity index (χ0) is 24.9. The lowest BCUT2D eigenvalue weighted by molar-refractivity contribution is -0.384. The first-order chi connectivity index (χ1) is 16.9. The molecule has 35 heavy (non-hydrogen) atoms. The van der Waals surface area contributed by atoms with Gasteiger partial charge in [0, 0.05) is 24.2 Å². The van der Waals surface area contributed by atoms with Gasteiger partial charge >= 0.3 is 0 Å². The van der Waals surface area contributed by atoms with E-state index in [1.54, 1.807) is 62.6 Å². The predicted octanol–water partition coefficient (Wildman–Crippen LogP) is 4.44. The number of hydrogen-bond donors (Lipinski definition) is 0. The molecule has 0 fully saturated rings. The number of rotatable bonds is 8. The quantitative estimate of drug-likeness (QED) is 0.349. The van der Waals surface area contributed by atoms with Crippen LogP contribution in [0.15, 0.2) is 60.7 Å². The molecule has 0 spiro atoms. The number of amides is 1. The van der Waals surface area contributed by atoms with E-state index in [4.69, 9.17) is 18.9 Å². The molecule has 0 bridgehead atoms. The summed E-state index contributed by atoms with van der Waals surface area (Å²) < 4.78 is 22.2. The molecular formula is C26H26N2O7. The molecule has 1 aliphatic heterocycles. The van der Waals surface area contributed by atoms with Crippen molar-refractivity contribution in [3.63, 3.8) is 0 Å². The van der Waals surface area contributed by atoms with Gasteiger partial charge < -0.3 is 23.8 Å². The maximum atomic E-state index is 13.5. The average molecular weight is 479 g/mol. The van der Waals surface area contributed by atoms with Gasteiger partial charge in [-0.25, -0.2) is 0 Å². The van der Waals surface area contributed by atoms with Crippen LogP contribution in [0.5, 0.6) is 23.0 Å². The monoisotopic (exact) mass is 478 g/mol. The zero-order valence-corrected chi connectivity index (χ0v) is 19.7. The fraction of sp³-hybridized carbons (Fsp3) is 0.269. The Kier molecular flexibility index (Phi) is 7.05. The molecule has 9 nitrogen and oxygen atoms in total. The molecule has 1 aliphatic rings. The van der Waals surface area contributed by atoms with E-state index >= 15 is 0 Å². The number of fused-ring (bicyclic) bond motifs is 1. The molecule has 3 aromatic carbocycles. The highest BCUT2D eigenvalue weighted by molar-refractivity contribution is 5.95. The number of nitrogens with zero attached hydrogens (tertiary/aromatic N) is 2. The second kappa shape index (κ2) is 10.3. The van der Waals surface area contributed by atoms with Crippen LogP contribution in [0.3, 0.4) is 0 Å². The standard InChI is InChI=1S/C26H26N2O7/c1-32-20-8-4-17(5-9-20)26(29)27-13-12-18-14-24(33-2)25(34-3)15-22(18)23(27)16-35-21-10-6-19(7-11-21)28(30)31/h4-11,14-15,23H,12-13,16H2,1-3H3. The lowest BCUT2D eigenvalue weighted by atomic mass is 9.91. The molecule has 9 heteroatoms. The minimum Gasteiger partial charge on any atom is -0.497 e. The van der Waals surface area contributed by atoms with Gasteiger partial charge in [-0.15, -0.1) is 0 Å². The van der Waals surface area contributed by atoms with E-state index in [-0.39, 0.29) is 18.2 Å². The minimum absolute atomic E-state index is 0.0199. The number of carbonyl (C=O) groups excluding carboxylic acids is 1. The molecule has 0 saturated heterocycles. The molecule has 1 unspecified atom stereocenters. The van der Waals surface area contributed by atoms with Crippen LogP contribution in [-0.4, -0.2) is 50.2 Å². The summed E-state index contributed by atoms with van der Waals surface area (Å²) in [4.78, 5) is 25.8. The van der Waals surface area contributed by atoms with E-state index in [1.807, 2.05) is 12.1 Å². The maximum Gasteiger partial charge on any atom is 0.269 e. The van der Waals surface area contributed by atoms with Crippen LogP contribution in [0, 0.1) is 10.1 Å². The van der Waals surface area contributed by atoms with E-state index in [2.05, 4.69) is 0 Å². The minimum atomic E-state index is -0.462. The van der Waals surface area contributed by atoms with Crippen LogP contribution in [0.4, 0.5) is 5.69 Å². The second-order valence-electron chi connectivity index (χ2n) is 7.96. The number of methoxy groups -OCH3 is 3. The highest BCUT2D eigenvalue weighted by atomic mass is 16.6. The first kappa shape index (κ1) is 23.9. The van der Waals surface area contributed by atoms with E-state index in [0.29, 0.717) is 41.5 Å². The Balaban J connectivity index is 1.67. The van der Waals surface area contributed by atoms with Crippen molar-refractivity contribution < 1.29 is 28.7 Å². The van der Waals surface area contributed by atoms with E-state index < -0.39 is 11.0 Å². The normalized spacial score (nSPS) is 14.6. The fourth-order valence-corrected chi connectivity index (χ4v) is 4.19. The van der Waals surface area contributed by atoms with Crippen LogP contribution in [0.1, 0.15) is 27.5 Å². The summed E-state index contributed by atoms with van der Waals surface area (Å²) in [6, 6.07) is 16.2. The third-order valence-electron chi connectivity index (χ3n) is 6.06. The molecule has 3 aromatic rings. The highest BCUT2D eigenvalue weighted by Crippen LogP contribution is 2.39. The van der Waals surface area contributed by atoms with Crippen molar-refractivity contribution in [1.29, 1.82) is 0 Å². The molecular weight excluding hydrogens is 452 g/mol. The summed E-state index contributed by atoms with van der Waals surface area (Å²) in [5.41, 5.74) is 2.46. The lowest BCUT2D eigenvalue weighted by Gasteiger charge is -2.37. The number of non-ortho nitro benzene ring substituents is 1. The first-order valence-corrected chi connectivity index (χ1v) is 11.0. The average Bonchev–Trinajstić information content (AvgIpc) is 2.90. The van der Waals surface area contributed by atoms with Crippen LogP contribution < -0.4 is 18.9 Å². The van der Waals surface area contributed by atoms with Gasteiger partial charge in [0.25, 0.3) is 11.6 Å². The zero-order valence-electron chi connectivity index (χ0n) is 19.7. The Hall–Kier alpha value is -4.27. The van der Waals surface area contributed by atoms with Crippen molar-refractivity contribution in [2.45, 2.75) is 12.5 Å². The van der Waals surface area contributed by atoms with Crippen molar-refractivity contribution in [3.05, 3.63) is 87.5 Å². The van der Waals surface area contributed by atoms with E-state index in [1.165, 1.54) is 12.1 Å².